The quantitative estimate of drug-likeness (QED) is 0.621. The van der Waals surface area contributed by atoms with Gasteiger partial charge in [0.05, 0.1) is 0 Å². The minimum absolute atomic E-state index is 1.19. The van der Waals surface area contributed by atoms with E-state index in [4.69, 9.17) is 0 Å². The molecule has 1 rings (SSSR count). The molecule has 1 aliphatic rings. The van der Waals surface area contributed by atoms with Crippen LogP contribution in [0, 0.1) is 0 Å². The molecule has 0 radical (unpaired) electrons. The molecule has 1 aliphatic heterocycles. The zero-order valence-electron chi connectivity index (χ0n) is 11.8. The van der Waals surface area contributed by atoms with Gasteiger partial charge < -0.3 is 10.2 Å². The van der Waals surface area contributed by atoms with Crippen molar-refractivity contribution in [2.45, 2.75) is 64.7 Å². The average Bonchev–Trinajstić information content (AvgIpc) is 2.61. The van der Waals surface area contributed by atoms with Crippen molar-refractivity contribution < 1.29 is 0 Å². The van der Waals surface area contributed by atoms with Crippen LogP contribution in [0.3, 0.4) is 0 Å². The molecule has 2 nitrogen and oxygen atoms in total. The molecule has 0 aromatic carbocycles. The van der Waals surface area contributed by atoms with E-state index in [0.717, 1.165) is 0 Å². The van der Waals surface area contributed by atoms with Gasteiger partial charge in [-0.15, -0.1) is 0 Å². The van der Waals surface area contributed by atoms with Crippen LogP contribution in [0.15, 0.2) is 0 Å². The first kappa shape index (κ1) is 15.0. The lowest BCUT2D eigenvalue weighted by Crippen LogP contribution is -2.25. The van der Waals surface area contributed by atoms with Gasteiger partial charge in [-0.25, -0.2) is 0 Å². The molecule has 0 saturated carbocycles. The highest BCUT2D eigenvalue weighted by atomic mass is 15.1. The summed E-state index contributed by atoms with van der Waals surface area (Å²) in [6.45, 7) is 8.71. The molecule has 102 valence electrons. The topological polar surface area (TPSA) is 15.3 Å². The van der Waals surface area contributed by atoms with Gasteiger partial charge in [-0.05, 0) is 64.8 Å². The van der Waals surface area contributed by atoms with E-state index in [1.54, 1.807) is 0 Å². The molecule has 0 amide bonds. The van der Waals surface area contributed by atoms with Gasteiger partial charge in [0.2, 0.25) is 0 Å². The third-order valence-corrected chi connectivity index (χ3v) is 3.70. The van der Waals surface area contributed by atoms with Crippen LogP contribution in [0.25, 0.3) is 0 Å². The van der Waals surface area contributed by atoms with Gasteiger partial charge in [-0.3, -0.25) is 0 Å². The molecule has 1 heterocycles. The summed E-state index contributed by atoms with van der Waals surface area (Å²) in [5, 5.41) is 3.47. The van der Waals surface area contributed by atoms with Crippen LogP contribution in [0.4, 0.5) is 0 Å². The Kier molecular flexibility index (Phi) is 9.72. The monoisotopic (exact) mass is 240 g/mol. The van der Waals surface area contributed by atoms with Crippen molar-refractivity contribution in [3.63, 3.8) is 0 Å². The summed E-state index contributed by atoms with van der Waals surface area (Å²) in [4.78, 5) is 2.68. The molecule has 17 heavy (non-hydrogen) atoms. The molecule has 0 bridgehead atoms. The van der Waals surface area contributed by atoms with Crippen molar-refractivity contribution >= 4 is 0 Å². The smallest absolute Gasteiger partial charge is 0.00187 e. The first-order valence-corrected chi connectivity index (χ1v) is 7.86. The lowest BCUT2D eigenvalue weighted by Gasteiger charge is -2.19. The average molecular weight is 240 g/mol. The van der Waals surface area contributed by atoms with Crippen LogP contribution in [0.1, 0.15) is 64.7 Å². The summed E-state index contributed by atoms with van der Waals surface area (Å²) in [6.07, 6.45) is 12.6. The number of likely N-dealkylation sites (tertiary alicyclic amines) is 1. The van der Waals surface area contributed by atoms with Crippen LogP contribution >= 0.6 is 0 Å². The van der Waals surface area contributed by atoms with Gasteiger partial charge in [0.1, 0.15) is 0 Å². The second-order valence-corrected chi connectivity index (χ2v) is 5.42. The minimum Gasteiger partial charge on any atom is -0.317 e. The lowest BCUT2D eigenvalue weighted by molar-refractivity contribution is 0.277. The van der Waals surface area contributed by atoms with E-state index in [9.17, 15) is 0 Å². The van der Waals surface area contributed by atoms with Crippen molar-refractivity contribution in [1.82, 2.24) is 10.2 Å². The van der Waals surface area contributed by atoms with E-state index in [-0.39, 0.29) is 0 Å². The molecule has 0 spiro atoms. The lowest BCUT2D eigenvalue weighted by atomic mass is 10.2. The predicted octanol–water partition coefficient (Wildman–Crippen LogP) is 3.42. The molecule has 2 heteroatoms. The Morgan fingerprint density at radius 2 is 1.53 bits per heavy atom. The zero-order valence-corrected chi connectivity index (χ0v) is 11.8. The maximum absolute atomic E-state index is 3.47. The van der Waals surface area contributed by atoms with Crippen LogP contribution in [0.5, 0.6) is 0 Å². The van der Waals surface area contributed by atoms with Crippen molar-refractivity contribution in [2.75, 3.05) is 32.7 Å². The number of nitrogens with zero attached hydrogens (tertiary/aromatic N) is 1. The standard InChI is InChI=1S/C15H32N2/c1-2-11-16-12-7-3-4-8-13-17-14-9-5-6-10-15-17/h16H,2-15H2,1H3. The van der Waals surface area contributed by atoms with Crippen LogP contribution in [0.2, 0.25) is 0 Å². The number of rotatable bonds is 9. The highest BCUT2D eigenvalue weighted by molar-refractivity contribution is 4.63. The van der Waals surface area contributed by atoms with E-state index in [2.05, 4.69) is 17.1 Å². The molecule has 0 unspecified atom stereocenters. The Balaban J connectivity index is 1.82. The first-order valence-electron chi connectivity index (χ1n) is 7.86. The van der Waals surface area contributed by atoms with E-state index in [0.29, 0.717) is 0 Å². The Hall–Kier alpha value is -0.0800. The second kappa shape index (κ2) is 11.0. The Morgan fingerprint density at radius 1 is 0.824 bits per heavy atom. The summed E-state index contributed by atoms with van der Waals surface area (Å²) in [5.41, 5.74) is 0. The van der Waals surface area contributed by atoms with Gasteiger partial charge in [0, 0.05) is 0 Å². The molecule has 0 aromatic rings. The Morgan fingerprint density at radius 3 is 2.24 bits per heavy atom. The number of unbranched alkanes of at least 4 members (excludes halogenated alkanes) is 3. The molecule has 0 aliphatic carbocycles. The predicted molar refractivity (Wildman–Crippen MR) is 76.5 cm³/mol. The van der Waals surface area contributed by atoms with E-state index in [1.807, 2.05) is 0 Å². The van der Waals surface area contributed by atoms with Gasteiger partial charge in [0.25, 0.3) is 0 Å². The minimum atomic E-state index is 1.19. The third-order valence-electron chi connectivity index (χ3n) is 3.70. The van der Waals surface area contributed by atoms with Gasteiger partial charge >= 0.3 is 0 Å². The Bertz CT molecular complexity index is 151. The molecule has 1 N–H and O–H groups in total. The summed E-state index contributed by atoms with van der Waals surface area (Å²) in [7, 11) is 0. The maximum atomic E-state index is 3.47. The van der Waals surface area contributed by atoms with Crippen LogP contribution < -0.4 is 5.32 Å². The normalized spacial score (nSPS) is 18.2. The molecular formula is C15H32N2. The second-order valence-electron chi connectivity index (χ2n) is 5.42. The van der Waals surface area contributed by atoms with Crippen LogP contribution in [-0.2, 0) is 0 Å². The third kappa shape index (κ3) is 8.62. The highest BCUT2D eigenvalue weighted by Gasteiger charge is 2.07. The summed E-state index contributed by atoms with van der Waals surface area (Å²) < 4.78 is 0. The zero-order chi connectivity index (χ0) is 12.2. The van der Waals surface area contributed by atoms with Crippen molar-refractivity contribution in [2.24, 2.45) is 0 Å². The molecule has 0 atom stereocenters. The molecule has 1 fully saturated rings. The fourth-order valence-electron chi connectivity index (χ4n) is 2.60. The molecule has 0 aromatic heterocycles. The van der Waals surface area contributed by atoms with Crippen molar-refractivity contribution in [1.29, 1.82) is 0 Å². The van der Waals surface area contributed by atoms with Gasteiger partial charge in [-0.2, -0.15) is 0 Å². The first-order chi connectivity index (χ1) is 8.43. The Labute approximate surface area is 108 Å². The highest BCUT2D eigenvalue weighted by Crippen LogP contribution is 2.10. The number of hydrogen-bond donors (Lipinski definition) is 1. The SMILES string of the molecule is CCCNCCCCCCN1CCCCCC1. The van der Waals surface area contributed by atoms with Crippen molar-refractivity contribution in [3.8, 4) is 0 Å². The van der Waals surface area contributed by atoms with E-state index in [1.165, 1.54) is 90.5 Å². The molecular weight excluding hydrogens is 208 g/mol. The fourth-order valence-corrected chi connectivity index (χ4v) is 2.60. The number of nitrogens with one attached hydrogen (secondary N) is 1. The van der Waals surface area contributed by atoms with Crippen LogP contribution in [-0.4, -0.2) is 37.6 Å². The van der Waals surface area contributed by atoms with Gasteiger partial charge in [0.15, 0.2) is 0 Å². The molecule has 1 saturated heterocycles. The van der Waals surface area contributed by atoms with E-state index >= 15 is 0 Å². The van der Waals surface area contributed by atoms with E-state index < -0.39 is 0 Å². The summed E-state index contributed by atoms with van der Waals surface area (Å²) in [5.74, 6) is 0. The van der Waals surface area contributed by atoms with Crippen molar-refractivity contribution in [3.05, 3.63) is 0 Å². The maximum Gasteiger partial charge on any atom is -0.00187 e. The number of hydrogen-bond acceptors (Lipinski definition) is 2. The summed E-state index contributed by atoms with van der Waals surface area (Å²) >= 11 is 0. The van der Waals surface area contributed by atoms with Gasteiger partial charge in [-0.1, -0.05) is 32.6 Å². The summed E-state index contributed by atoms with van der Waals surface area (Å²) in [6, 6.07) is 0. The fraction of sp³-hybridized carbons (Fsp3) is 1.00. The largest absolute Gasteiger partial charge is 0.317 e.